The average molecular weight is 227 g/mol. The van der Waals surface area contributed by atoms with Crippen molar-refractivity contribution in [1.29, 1.82) is 0 Å². The Balaban J connectivity index is 1.70. The van der Waals surface area contributed by atoms with Crippen molar-refractivity contribution < 1.29 is 9.84 Å². The van der Waals surface area contributed by atoms with Gasteiger partial charge in [0.05, 0.1) is 5.60 Å². The zero-order valence-electron chi connectivity index (χ0n) is 10.2. The fourth-order valence-electron chi connectivity index (χ4n) is 3.11. The molecule has 1 saturated carbocycles. The summed E-state index contributed by atoms with van der Waals surface area (Å²) in [7, 11) is 0. The largest absolute Gasteiger partial charge is 0.396 e. The Morgan fingerprint density at radius 1 is 1.25 bits per heavy atom. The van der Waals surface area contributed by atoms with Crippen LogP contribution in [0.25, 0.3) is 0 Å². The first-order chi connectivity index (χ1) is 7.85. The molecule has 1 spiro atoms. The van der Waals surface area contributed by atoms with Crippen LogP contribution in [0.5, 0.6) is 0 Å². The molecule has 0 bridgehead atoms. The molecule has 1 unspecified atom stereocenters. The van der Waals surface area contributed by atoms with Gasteiger partial charge >= 0.3 is 0 Å². The van der Waals surface area contributed by atoms with E-state index in [2.05, 4.69) is 5.32 Å². The molecule has 3 heteroatoms. The standard InChI is InChI=1S/C13H25NO2/c15-9-4-3-8-14-12-5-10-16-13(11-12)6-1-2-7-13/h12,14-15H,1-11H2. The van der Waals surface area contributed by atoms with Crippen molar-refractivity contribution in [3.05, 3.63) is 0 Å². The fraction of sp³-hybridized carbons (Fsp3) is 1.00. The molecule has 0 aromatic rings. The summed E-state index contributed by atoms with van der Waals surface area (Å²) in [6, 6.07) is 0.644. The average Bonchev–Trinajstić information content (AvgIpc) is 2.73. The van der Waals surface area contributed by atoms with Gasteiger partial charge in [0.2, 0.25) is 0 Å². The molecule has 2 fully saturated rings. The van der Waals surface area contributed by atoms with E-state index in [9.17, 15) is 0 Å². The summed E-state index contributed by atoms with van der Waals surface area (Å²) in [5.41, 5.74) is 0.229. The second-order valence-electron chi connectivity index (χ2n) is 5.31. The molecular formula is C13H25NO2. The van der Waals surface area contributed by atoms with Crippen LogP contribution in [-0.2, 0) is 4.74 Å². The molecule has 1 heterocycles. The highest BCUT2D eigenvalue weighted by Crippen LogP contribution is 2.39. The van der Waals surface area contributed by atoms with Crippen LogP contribution in [0.3, 0.4) is 0 Å². The maximum absolute atomic E-state index is 8.72. The van der Waals surface area contributed by atoms with E-state index in [4.69, 9.17) is 9.84 Å². The van der Waals surface area contributed by atoms with Crippen molar-refractivity contribution >= 4 is 0 Å². The highest BCUT2D eigenvalue weighted by Gasteiger charge is 2.39. The third-order valence-electron chi connectivity index (χ3n) is 4.03. The van der Waals surface area contributed by atoms with Gasteiger partial charge in [0.15, 0.2) is 0 Å². The third-order valence-corrected chi connectivity index (χ3v) is 4.03. The first-order valence-electron chi connectivity index (χ1n) is 6.83. The van der Waals surface area contributed by atoms with Gasteiger partial charge in [-0.1, -0.05) is 12.8 Å². The number of aliphatic hydroxyl groups excluding tert-OH is 1. The molecule has 0 aromatic heterocycles. The lowest BCUT2D eigenvalue weighted by Crippen LogP contribution is -2.45. The molecule has 2 rings (SSSR count). The monoisotopic (exact) mass is 227 g/mol. The summed E-state index contributed by atoms with van der Waals surface area (Å²) in [4.78, 5) is 0. The summed E-state index contributed by atoms with van der Waals surface area (Å²) in [6.07, 6.45) is 9.58. The highest BCUT2D eigenvalue weighted by atomic mass is 16.5. The van der Waals surface area contributed by atoms with Crippen LogP contribution in [0.2, 0.25) is 0 Å². The van der Waals surface area contributed by atoms with Gasteiger partial charge in [0.1, 0.15) is 0 Å². The number of hydrogen-bond donors (Lipinski definition) is 2. The second kappa shape index (κ2) is 5.99. The van der Waals surface area contributed by atoms with Gasteiger partial charge in [-0.05, 0) is 45.1 Å². The smallest absolute Gasteiger partial charge is 0.0697 e. The van der Waals surface area contributed by atoms with Crippen LogP contribution in [0.4, 0.5) is 0 Å². The van der Waals surface area contributed by atoms with Gasteiger partial charge in [-0.3, -0.25) is 0 Å². The van der Waals surface area contributed by atoms with Crippen LogP contribution in [0, 0.1) is 0 Å². The molecule has 1 atom stereocenters. The molecule has 1 aliphatic heterocycles. The van der Waals surface area contributed by atoms with Crippen molar-refractivity contribution in [3.63, 3.8) is 0 Å². The number of ether oxygens (including phenoxy) is 1. The molecule has 3 nitrogen and oxygen atoms in total. The number of rotatable bonds is 5. The summed E-state index contributed by atoms with van der Waals surface area (Å²) in [6.45, 7) is 2.29. The molecule has 16 heavy (non-hydrogen) atoms. The van der Waals surface area contributed by atoms with Gasteiger partial charge in [0, 0.05) is 19.3 Å². The Morgan fingerprint density at radius 2 is 2.06 bits per heavy atom. The zero-order valence-corrected chi connectivity index (χ0v) is 10.2. The van der Waals surface area contributed by atoms with Crippen LogP contribution in [0.1, 0.15) is 51.4 Å². The molecule has 2 N–H and O–H groups in total. The summed E-state index contributed by atoms with van der Waals surface area (Å²) >= 11 is 0. The minimum absolute atomic E-state index is 0.229. The quantitative estimate of drug-likeness (QED) is 0.704. The van der Waals surface area contributed by atoms with E-state index in [1.807, 2.05) is 0 Å². The molecule has 0 amide bonds. The molecule has 94 valence electrons. The van der Waals surface area contributed by atoms with Crippen molar-refractivity contribution in [2.24, 2.45) is 0 Å². The number of unbranched alkanes of at least 4 members (excludes halogenated alkanes) is 1. The topological polar surface area (TPSA) is 41.5 Å². The Labute approximate surface area is 98.6 Å². The third kappa shape index (κ3) is 3.19. The Morgan fingerprint density at radius 3 is 2.81 bits per heavy atom. The first kappa shape index (κ1) is 12.3. The van der Waals surface area contributed by atoms with Crippen LogP contribution < -0.4 is 5.32 Å². The first-order valence-corrected chi connectivity index (χ1v) is 6.83. The van der Waals surface area contributed by atoms with Crippen LogP contribution in [-0.4, -0.2) is 36.5 Å². The summed E-state index contributed by atoms with van der Waals surface area (Å²) in [5, 5.41) is 12.3. The predicted molar refractivity (Wildman–Crippen MR) is 64.5 cm³/mol. The van der Waals surface area contributed by atoms with E-state index in [1.165, 1.54) is 32.1 Å². The number of hydrogen-bond acceptors (Lipinski definition) is 3. The van der Waals surface area contributed by atoms with E-state index < -0.39 is 0 Å². The van der Waals surface area contributed by atoms with Gasteiger partial charge < -0.3 is 15.2 Å². The Bertz CT molecular complexity index is 202. The molecule has 1 saturated heterocycles. The predicted octanol–water partition coefficient (Wildman–Crippen LogP) is 1.84. The Hall–Kier alpha value is -0.120. The molecule has 1 aliphatic carbocycles. The molecule has 2 aliphatic rings. The maximum Gasteiger partial charge on any atom is 0.0697 e. The molecular weight excluding hydrogens is 202 g/mol. The van der Waals surface area contributed by atoms with Crippen LogP contribution in [0.15, 0.2) is 0 Å². The van der Waals surface area contributed by atoms with Crippen molar-refractivity contribution in [2.75, 3.05) is 19.8 Å². The van der Waals surface area contributed by atoms with Gasteiger partial charge in [0.25, 0.3) is 0 Å². The summed E-state index contributed by atoms with van der Waals surface area (Å²) in [5.74, 6) is 0. The SMILES string of the molecule is OCCCCNC1CCOC2(CCCC2)C1. The maximum atomic E-state index is 8.72. The number of nitrogens with one attached hydrogen (secondary N) is 1. The Kier molecular flexibility index (Phi) is 4.62. The van der Waals surface area contributed by atoms with Crippen molar-refractivity contribution in [3.8, 4) is 0 Å². The van der Waals surface area contributed by atoms with Gasteiger partial charge in [-0.25, -0.2) is 0 Å². The summed E-state index contributed by atoms with van der Waals surface area (Å²) < 4.78 is 6.00. The van der Waals surface area contributed by atoms with E-state index in [1.54, 1.807) is 0 Å². The second-order valence-corrected chi connectivity index (χ2v) is 5.31. The molecule has 0 aromatic carbocycles. The van der Waals surface area contributed by atoms with Gasteiger partial charge in [-0.15, -0.1) is 0 Å². The van der Waals surface area contributed by atoms with Gasteiger partial charge in [-0.2, -0.15) is 0 Å². The normalized spacial score (nSPS) is 28.7. The van der Waals surface area contributed by atoms with E-state index in [0.717, 1.165) is 32.4 Å². The van der Waals surface area contributed by atoms with Crippen LogP contribution >= 0.6 is 0 Å². The molecule has 0 radical (unpaired) electrons. The number of aliphatic hydroxyl groups is 1. The van der Waals surface area contributed by atoms with Crippen molar-refractivity contribution in [1.82, 2.24) is 5.32 Å². The zero-order chi connectivity index (χ0) is 11.3. The lowest BCUT2D eigenvalue weighted by atomic mass is 9.89. The van der Waals surface area contributed by atoms with E-state index >= 15 is 0 Å². The minimum Gasteiger partial charge on any atom is -0.396 e. The lowest BCUT2D eigenvalue weighted by molar-refractivity contribution is -0.0835. The lowest BCUT2D eigenvalue weighted by Gasteiger charge is -2.38. The minimum atomic E-state index is 0.229. The highest BCUT2D eigenvalue weighted by molar-refractivity contribution is 4.93. The van der Waals surface area contributed by atoms with E-state index in [-0.39, 0.29) is 5.60 Å². The van der Waals surface area contributed by atoms with Crippen molar-refractivity contribution in [2.45, 2.75) is 63.0 Å². The van der Waals surface area contributed by atoms with E-state index in [0.29, 0.717) is 12.6 Å². The fourth-order valence-corrected chi connectivity index (χ4v) is 3.11.